The monoisotopic (exact) mass is 282 g/mol. The Bertz CT molecular complexity index is 698. The summed E-state index contributed by atoms with van der Waals surface area (Å²) in [6.45, 7) is 0.553. The van der Waals surface area contributed by atoms with Gasteiger partial charge in [-0.15, -0.1) is 0 Å². The third-order valence-electron chi connectivity index (χ3n) is 3.49. The Labute approximate surface area is 121 Å². The molecule has 0 saturated carbocycles. The molecule has 5 heteroatoms. The first-order valence-corrected chi connectivity index (χ1v) is 6.65. The van der Waals surface area contributed by atoms with Crippen LogP contribution in [0.25, 0.3) is 0 Å². The minimum absolute atomic E-state index is 0.206. The summed E-state index contributed by atoms with van der Waals surface area (Å²) in [5.74, 6) is -0.954. The molecule has 1 heterocycles. The molecule has 0 spiro atoms. The summed E-state index contributed by atoms with van der Waals surface area (Å²) in [4.78, 5) is 24.9. The van der Waals surface area contributed by atoms with E-state index in [1.807, 2.05) is 30.3 Å². The van der Waals surface area contributed by atoms with Crippen LogP contribution in [-0.4, -0.2) is 23.7 Å². The Morgan fingerprint density at radius 3 is 2.57 bits per heavy atom. The van der Waals surface area contributed by atoms with Gasteiger partial charge in [0.25, 0.3) is 0 Å². The highest BCUT2D eigenvalue weighted by Crippen LogP contribution is 2.29. The maximum Gasteiger partial charge on any atom is 0.335 e. The topological polar surface area (TPSA) is 69.6 Å². The lowest BCUT2D eigenvalue weighted by Crippen LogP contribution is -2.33. The predicted octanol–water partition coefficient (Wildman–Crippen LogP) is 2.98. The number of carbonyl (C=O) groups is 2. The maximum absolute atomic E-state index is 12.3. The van der Waals surface area contributed by atoms with Crippen LogP contribution in [0.1, 0.15) is 15.9 Å². The number of rotatable bonds is 2. The number of carboxylic acid groups (broad SMARTS) is 1. The van der Waals surface area contributed by atoms with Gasteiger partial charge in [-0.2, -0.15) is 0 Å². The van der Waals surface area contributed by atoms with Crippen molar-refractivity contribution in [2.75, 3.05) is 16.8 Å². The molecule has 106 valence electrons. The van der Waals surface area contributed by atoms with Crippen LogP contribution >= 0.6 is 0 Å². The van der Waals surface area contributed by atoms with Crippen molar-refractivity contribution in [1.29, 1.82) is 0 Å². The van der Waals surface area contributed by atoms with Crippen molar-refractivity contribution < 1.29 is 14.7 Å². The summed E-state index contributed by atoms with van der Waals surface area (Å²) in [5.41, 5.74) is 2.64. The Morgan fingerprint density at radius 2 is 1.86 bits per heavy atom. The summed E-state index contributed by atoms with van der Waals surface area (Å²) >= 11 is 0. The average Bonchev–Trinajstić information content (AvgIpc) is 2.91. The van der Waals surface area contributed by atoms with E-state index in [0.29, 0.717) is 13.0 Å². The number of nitrogens with zero attached hydrogens (tertiary/aromatic N) is 1. The largest absolute Gasteiger partial charge is 0.478 e. The zero-order valence-electron chi connectivity index (χ0n) is 11.2. The highest BCUT2D eigenvalue weighted by atomic mass is 16.4. The Morgan fingerprint density at radius 1 is 1.10 bits per heavy atom. The molecule has 3 rings (SSSR count). The van der Waals surface area contributed by atoms with Crippen molar-refractivity contribution in [2.24, 2.45) is 0 Å². The van der Waals surface area contributed by atoms with Crippen LogP contribution in [0.5, 0.6) is 0 Å². The van der Waals surface area contributed by atoms with Crippen molar-refractivity contribution in [3.05, 3.63) is 59.7 Å². The highest BCUT2D eigenvalue weighted by molar-refractivity contribution is 6.03. The van der Waals surface area contributed by atoms with Crippen molar-refractivity contribution in [3.8, 4) is 0 Å². The molecule has 2 aromatic carbocycles. The standard InChI is InChI=1S/C16H14N2O3/c19-15(20)12-6-7-14-11(10-12)8-9-18(14)16(21)17-13-4-2-1-3-5-13/h1-7,10H,8-9H2,(H,17,21)(H,19,20). The summed E-state index contributed by atoms with van der Waals surface area (Å²) in [6.07, 6.45) is 0.665. The molecule has 2 N–H and O–H groups in total. The van der Waals surface area contributed by atoms with Crippen LogP contribution in [0.15, 0.2) is 48.5 Å². The molecular weight excluding hydrogens is 268 g/mol. The molecule has 1 aliphatic heterocycles. The lowest BCUT2D eigenvalue weighted by atomic mass is 10.1. The highest BCUT2D eigenvalue weighted by Gasteiger charge is 2.25. The molecule has 0 atom stereocenters. The molecule has 5 nitrogen and oxygen atoms in total. The van der Waals surface area contributed by atoms with Crippen molar-refractivity contribution in [3.63, 3.8) is 0 Å². The predicted molar refractivity (Wildman–Crippen MR) is 79.9 cm³/mol. The number of fused-ring (bicyclic) bond motifs is 1. The number of para-hydroxylation sites is 1. The summed E-state index contributed by atoms with van der Waals surface area (Å²) < 4.78 is 0. The second kappa shape index (κ2) is 5.28. The average molecular weight is 282 g/mol. The molecule has 21 heavy (non-hydrogen) atoms. The van der Waals surface area contributed by atoms with E-state index in [-0.39, 0.29) is 11.6 Å². The van der Waals surface area contributed by atoms with Gasteiger partial charge in [0.1, 0.15) is 0 Å². The number of hydrogen-bond acceptors (Lipinski definition) is 2. The molecule has 0 bridgehead atoms. The molecule has 0 radical (unpaired) electrons. The minimum Gasteiger partial charge on any atom is -0.478 e. The molecule has 2 amide bonds. The van der Waals surface area contributed by atoms with Gasteiger partial charge < -0.3 is 10.4 Å². The first-order chi connectivity index (χ1) is 10.1. The number of nitrogens with one attached hydrogen (secondary N) is 1. The van der Waals surface area contributed by atoms with Crippen molar-refractivity contribution in [1.82, 2.24) is 0 Å². The van der Waals surface area contributed by atoms with Crippen LogP contribution in [0.2, 0.25) is 0 Å². The molecule has 0 aliphatic carbocycles. The zero-order chi connectivity index (χ0) is 14.8. The van der Waals surface area contributed by atoms with E-state index < -0.39 is 5.97 Å². The number of carboxylic acids is 1. The second-order valence-corrected chi connectivity index (χ2v) is 4.85. The Balaban J connectivity index is 1.81. The van der Waals surface area contributed by atoms with E-state index in [9.17, 15) is 9.59 Å². The summed E-state index contributed by atoms with van der Waals surface area (Å²) in [5, 5.41) is 11.8. The molecule has 0 unspecified atom stereocenters. The van der Waals surface area contributed by atoms with Crippen LogP contribution in [0.3, 0.4) is 0 Å². The zero-order valence-corrected chi connectivity index (χ0v) is 11.2. The van der Waals surface area contributed by atoms with Gasteiger partial charge in [0.05, 0.1) is 5.56 Å². The van der Waals surface area contributed by atoms with Crippen molar-refractivity contribution in [2.45, 2.75) is 6.42 Å². The molecule has 1 aliphatic rings. The van der Waals surface area contributed by atoms with Crippen LogP contribution < -0.4 is 10.2 Å². The van der Waals surface area contributed by atoms with E-state index >= 15 is 0 Å². The summed E-state index contributed by atoms with van der Waals surface area (Å²) in [7, 11) is 0. The fraction of sp³-hybridized carbons (Fsp3) is 0.125. The SMILES string of the molecule is O=C(O)c1ccc2c(c1)CCN2C(=O)Nc1ccccc1. The van der Waals surface area contributed by atoms with Gasteiger partial charge in [-0.3, -0.25) is 4.90 Å². The molecule has 0 fully saturated rings. The van der Waals surface area contributed by atoms with Gasteiger partial charge in [0, 0.05) is 17.9 Å². The van der Waals surface area contributed by atoms with E-state index in [0.717, 1.165) is 16.9 Å². The smallest absolute Gasteiger partial charge is 0.335 e. The van der Waals surface area contributed by atoms with E-state index in [1.54, 1.807) is 17.0 Å². The van der Waals surface area contributed by atoms with Crippen LogP contribution in [-0.2, 0) is 6.42 Å². The fourth-order valence-electron chi connectivity index (χ4n) is 2.46. The van der Waals surface area contributed by atoms with E-state index in [4.69, 9.17) is 5.11 Å². The second-order valence-electron chi connectivity index (χ2n) is 4.85. The number of urea groups is 1. The van der Waals surface area contributed by atoms with Gasteiger partial charge >= 0.3 is 12.0 Å². The third-order valence-corrected chi connectivity index (χ3v) is 3.49. The quantitative estimate of drug-likeness (QED) is 0.889. The van der Waals surface area contributed by atoms with Crippen LogP contribution in [0.4, 0.5) is 16.2 Å². The molecule has 2 aromatic rings. The molecule has 0 aromatic heterocycles. The minimum atomic E-state index is -0.954. The number of amides is 2. The fourth-order valence-corrected chi connectivity index (χ4v) is 2.46. The number of hydrogen-bond donors (Lipinski definition) is 2. The van der Waals surface area contributed by atoms with Gasteiger partial charge in [-0.1, -0.05) is 18.2 Å². The lowest BCUT2D eigenvalue weighted by Gasteiger charge is -2.18. The maximum atomic E-state index is 12.3. The normalized spacial score (nSPS) is 12.9. The summed E-state index contributed by atoms with van der Waals surface area (Å²) in [6, 6.07) is 13.9. The number of carbonyl (C=O) groups excluding carboxylic acids is 1. The first kappa shape index (κ1) is 13.2. The molecular formula is C16H14N2O3. The lowest BCUT2D eigenvalue weighted by molar-refractivity contribution is 0.0697. The van der Waals surface area contributed by atoms with Crippen LogP contribution in [0, 0.1) is 0 Å². The van der Waals surface area contributed by atoms with Gasteiger partial charge in [0.2, 0.25) is 0 Å². The first-order valence-electron chi connectivity index (χ1n) is 6.65. The number of anilines is 2. The van der Waals surface area contributed by atoms with Gasteiger partial charge in [-0.25, -0.2) is 9.59 Å². The Kier molecular flexibility index (Phi) is 3.31. The number of benzene rings is 2. The third kappa shape index (κ3) is 2.58. The van der Waals surface area contributed by atoms with Gasteiger partial charge in [-0.05, 0) is 42.3 Å². The van der Waals surface area contributed by atoms with Gasteiger partial charge in [0.15, 0.2) is 0 Å². The molecule has 0 saturated heterocycles. The van der Waals surface area contributed by atoms with Crippen molar-refractivity contribution >= 4 is 23.4 Å². The Hall–Kier alpha value is -2.82. The van der Waals surface area contributed by atoms with E-state index in [2.05, 4.69) is 5.32 Å². The van der Waals surface area contributed by atoms with E-state index in [1.165, 1.54) is 6.07 Å². The number of aromatic carboxylic acids is 1.